The summed E-state index contributed by atoms with van der Waals surface area (Å²) in [6, 6.07) is 22.0. The number of fused-ring (bicyclic) bond motifs is 1. The van der Waals surface area contributed by atoms with E-state index in [1.165, 1.54) is 31.2 Å². The first-order valence-corrected chi connectivity index (χ1v) is 11.3. The number of nitrogens with two attached hydrogens (primary N) is 1. The van der Waals surface area contributed by atoms with Gasteiger partial charge >= 0.3 is 0 Å². The predicted octanol–water partition coefficient (Wildman–Crippen LogP) is 5.98. The second-order valence-corrected chi connectivity index (χ2v) is 9.06. The zero-order valence-electron chi connectivity index (χ0n) is 17.6. The molecule has 0 radical (unpaired) electrons. The van der Waals surface area contributed by atoms with Crippen LogP contribution in [0.2, 0.25) is 0 Å². The molecule has 6 rings (SSSR count). The van der Waals surface area contributed by atoms with Crippen molar-refractivity contribution >= 4 is 5.69 Å². The Hall–Kier alpha value is -3.11. The smallest absolute Gasteiger partial charge is 0.243 e. The quantitative estimate of drug-likeness (QED) is 0.576. The van der Waals surface area contributed by atoms with Crippen molar-refractivity contribution in [3.8, 4) is 28.3 Å². The van der Waals surface area contributed by atoms with Crippen LogP contribution in [0.4, 0.5) is 5.69 Å². The summed E-state index contributed by atoms with van der Waals surface area (Å²) >= 11 is 0. The van der Waals surface area contributed by atoms with Gasteiger partial charge in [-0.25, -0.2) is 4.98 Å². The number of aromatic nitrogens is 1. The average molecular weight is 410 g/mol. The van der Waals surface area contributed by atoms with E-state index in [9.17, 15) is 0 Å². The number of nitrogens with zero attached hydrogens (tertiary/aromatic N) is 2. The molecule has 2 aromatic carbocycles. The minimum Gasteiger partial charge on any atom is -0.443 e. The van der Waals surface area contributed by atoms with Gasteiger partial charge in [0.2, 0.25) is 5.88 Å². The number of hydrogen-bond acceptors (Lipinski definition) is 4. The van der Waals surface area contributed by atoms with Gasteiger partial charge in [-0.2, -0.15) is 0 Å². The molecule has 2 N–H and O–H groups in total. The molecular weight excluding hydrogens is 382 g/mol. The fourth-order valence-electron chi connectivity index (χ4n) is 4.85. The van der Waals surface area contributed by atoms with Gasteiger partial charge in [0.1, 0.15) is 11.9 Å². The summed E-state index contributed by atoms with van der Waals surface area (Å²) in [6.07, 6.45) is 10.9. The molecule has 31 heavy (non-hydrogen) atoms. The largest absolute Gasteiger partial charge is 0.443 e. The van der Waals surface area contributed by atoms with Crippen molar-refractivity contribution in [3.63, 3.8) is 0 Å². The summed E-state index contributed by atoms with van der Waals surface area (Å²) in [5.74, 6) is 0.683. The zero-order valence-corrected chi connectivity index (χ0v) is 17.6. The molecule has 2 heterocycles. The van der Waals surface area contributed by atoms with E-state index in [-0.39, 0.29) is 5.54 Å². The third-order valence-corrected chi connectivity index (χ3v) is 7.18. The normalized spacial score (nSPS) is 19.2. The van der Waals surface area contributed by atoms with E-state index in [1.807, 2.05) is 0 Å². The molecule has 0 saturated heterocycles. The van der Waals surface area contributed by atoms with Crippen molar-refractivity contribution in [2.45, 2.75) is 50.1 Å². The molecule has 156 valence electrons. The maximum absolute atomic E-state index is 6.54. The maximum Gasteiger partial charge on any atom is 0.243 e. The summed E-state index contributed by atoms with van der Waals surface area (Å²) in [7, 11) is 0. The molecular formula is C27H27N3O. The third-order valence-electron chi connectivity index (χ3n) is 7.18. The van der Waals surface area contributed by atoms with Crippen LogP contribution in [0.15, 0.2) is 73.1 Å². The van der Waals surface area contributed by atoms with Crippen molar-refractivity contribution in [1.82, 2.24) is 4.98 Å². The van der Waals surface area contributed by atoms with Gasteiger partial charge in [0.05, 0.1) is 5.69 Å². The Morgan fingerprint density at radius 1 is 0.935 bits per heavy atom. The molecule has 4 heteroatoms. The first-order valence-electron chi connectivity index (χ1n) is 11.3. The molecule has 0 atom stereocenters. The van der Waals surface area contributed by atoms with Crippen LogP contribution >= 0.6 is 0 Å². The maximum atomic E-state index is 6.54. The van der Waals surface area contributed by atoms with Crippen LogP contribution < -0.4 is 15.4 Å². The minimum atomic E-state index is -0.152. The standard InChI is InChI=1S/C27H27N3O/c28-27(14-5-15-27)21-12-10-20(11-13-21)25-23(19-6-2-1-3-7-19)18-24-26(29-25)31-17-16-30(24)22-8-4-9-22/h1-3,6-7,10-13,16-18,22H,4-5,8-9,14-15,28H2. The monoisotopic (exact) mass is 409 g/mol. The van der Waals surface area contributed by atoms with Gasteiger partial charge in [-0.15, -0.1) is 0 Å². The molecule has 2 aliphatic carbocycles. The van der Waals surface area contributed by atoms with Crippen LogP contribution in [0.25, 0.3) is 22.4 Å². The second-order valence-electron chi connectivity index (χ2n) is 9.06. The highest BCUT2D eigenvalue weighted by molar-refractivity contribution is 5.85. The SMILES string of the molecule is NC1(c2ccc(-c3nc4c(cc3-c3ccccc3)N(C3CCC3)C=CO4)cc2)CCC1. The summed E-state index contributed by atoms with van der Waals surface area (Å²) < 4.78 is 5.88. The predicted molar refractivity (Wildman–Crippen MR) is 125 cm³/mol. The molecule has 3 aliphatic rings. The molecule has 2 saturated carbocycles. The fourth-order valence-corrected chi connectivity index (χ4v) is 4.85. The lowest BCUT2D eigenvalue weighted by Crippen LogP contribution is -2.43. The Kier molecular flexibility index (Phi) is 4.35. The van der Waals surface area contributed by atoms with Gasteiger partial charge in [0.25, 0.3) is 0 Å². The Morgan fingerprint density at radius 2 is 1.71 bits per heavy atom. The number of hydrogen-bond donors (Lipinski definition) is 1. The van der Waals surface area contributed by atoms with E-state index in [0.717, 1.165) is 40.9 Å². The van der Waals surface area contributed by atoms with Gasteiger partial charge in [-0.1, -0.05) is 54.6 Å². The van der Waals surface area contributed by atoms with Crippen LogP contribution in [0.5, 0.6) is 5.88 Å². The van der Waals surface area contributed by atoms with Crippen LogP contribution in [0, 0.1) is 0 Å². The Bertz CT molecular complexity index is 1130. The Balaban J connectivity index is 1.47. The molecule has 1 aromatic heterocycles. The van der Waals surface area contributed by atoms with Crippen LogP contribution in [-0.4, -0.2) is 11.0 Å². The minimum absolute atomic E-state index is 0.152. The van der Waals surface area contributed by atoms with Gasteiger partial charge in [0, 0.05) is 28.9 Å². The highest BCUT2D eigenvalue weighted by Gasteiger charge is 2.34. The lowest BCUT2D eigenvalue weighted by molar-refractivity contribution is 0.253. The highest BCUT2D eigenvalue weighted by Crippen LogP contribution is 2.44. The number of anilines is 1. The molecule has 0 bridgehead atoms. The van der Waals surface area contributed by atoms with E-state index in [2.05, 4.69) is 71.8 Å². The number of pyridine rings is 1. The Labute approximate surface area is 183 Å². The van der Waals surface area contributed by atoms with E-state index >= 15 is 0 Å². The van der Waals surface area contributed by atoms with Crippen LogP contribution in [0.3, 0.4) is 0 Å². The van der Waals surface area contributed by atoms with Crippen molar-refractivity contribution in [3.05, 3.63) is 78.7 Å². The van der Waals surface area contributed by atoms with E-state index in [0.29, 0.717) is 11.9 Å². The molecule has 0 spiro atoms. The number of ether oxygens (including phenoxy) is 1. The summed E-state index contributed by atoms with van der Waals surface area (Å²) in [4.78, 5) is 7.37. The first-order chi connectivity index (χ1) is 15.2. The van der Waals surface area contributed by atoms with Gasteiger partial charge in [-0.05, 0) is 55.7 Å². The van der Waals surface area contributed by atoms with Crippen molar-refractivity contribution in [2.24, 2.45) is 5.73 Å². The van der Waals surface area contributed by atoms with E-state index in [4.69, 9.17) is 15.5 Å². The number of benzene rings is 2. The van der Waals surface area contributed by atoms with Crippen LogP contribution in [0.1, 0.15) is 44.1 Å². The zero-order chi connectivity index (χ0) is 20.8. The highest BCUT2D eigenvalue weighted by atomic mass is 16.5. The Morgan fingerprint density at radius 3 is 2.35 bits per heavy atom. The number of rotatable bonds is 4. The summed E-state index contributed by atoms with van der Waals surface area (Å²) in [6.45, 7) is 0. The fraction of sp³-hybridized carbons (Fsp3) is 0.296. The molecule has 1 aliphatic heterocycles. The molecule has 0 amide bonds. The second kappa shape index (κ2) is 7.24. The van der Waals surface area contributed by atoms with Crippen molar-refractivity contribution in [2.75, 3.05) is 4.90 Å². The molecule has 2 fully saturated rings. The first kappa shape index (κ1) is 18.6. The molecule has 0 unspecified atom stereocenters. The molecule has 4 nitrogen and oxygen atoms in total. The van der Waals surface area contributed by atoms with E-state index in [1.54, 1.807) is 6.26 Å². The lowest BCUT2D eigenvalue weighted by atomic mass is 9.72. The third kappa shape index (κ3) is 3.14. The van der Waals surface area contributed by atoms with Crippen LogP contribution in [-0.2, 0) is 5.54 Å². The van der Waals surface area contributed by atoms with E-state index < -0.39 is 0 Å². The molecule has 3 aromatic rings. The van der Waals surface area contributed by atoms with Gasteiger partial charge < -0.3 is 15.4 Å². The summed E-state index contributed by atoms with van der Waals surface area (Å²) in [5, 5.41) is 0. The average Bonchev–Trinajstić information content (AvgIpc) is 2.76. The van der Waals surface area contributed by atoms with Gasteiger partial charge in [0.15, 0.2) is 0 Å². The topological polar surface area (TPSA) is 51.4 Å². The summed E-state index contributed by atoms with van der Waals surface area (Å²) in [5.41, 5.74) is 13.0. The van der Waals surface area contributed by atoms with Gasteiger partial charge in [-0.3, -0.25) is 0 Å². The lowest BCUT2D eigenvalue weighted by Gasteiger charge is -2.39. The van der Waals surface area contributed by atoms with Crippen molar-refractivity contribution in [1.29, 1.82) is 0 Å². The van der Waals surface area contributed by atoms with Crippen molar-refractivity contribution < 1.29 is 4.74 Å².